The standard InChI is InChI=1S/C16H22ClN3O2/c17-14-11-12(19-15(21)5-4-8-18)6-7-13(14)16(22)20-9-2-1-3-10-20/h6-7,11H,1-5,8-10,18H2,(H,19,21). The maximum atomic E-state index is 12.4. The highest BCUT2D eigenvalue weighted by Crippen LogP contribution is 2.24. The molecule has 120 valence electrons. The molecule has 0 aromatic heterocycles. The van der Waals surface area contributed by atoms with Crippen molar-refractivity contribution < 1.29 is 9.59 Å². The van der Waals surface area contributed by atoms with Gasteiger partial charge in [0.25, 0.3) is 5.91 Å². The molecule has 1 aliphatic heterocycles. The zero-order valence-corrected chi connectivity index (χ0v) is 13.4. The lowest BCUT2D eigenvalue weighted by atomic mass is 10.1. The first-order valence-corrected chi connectivity index (χ1v) is 8.08. The van der Waals surface area contributed by atoms with Gasteiger partial charge in [-0.05, 0) is 50.4 Å². The quantitative estimate of drug-likeness (QED) is 0.874. The monoisotopic (exact) mass is 323 g/mol. The van der Waals surface area contributed by atoms with Crippen LogP contribution in [-0.4, -0.2) is 36.3 Å². The van der Waals surface area contributed by atoms with Crippen LogP contribution in [-0.2, 0) is 4.79 Å². The van der Waals surface area contributed by atoms with Crippen LogP contribution in [0.4, 0.5) is 5.69 Å². The van der Waals surface area contributed by atoms with Crippen LogP contribution in [0, 0.1) is 0 Å². The van der Waals surface area contributed by atoms with Crippen molar-refractivity contribution in [1.82, 2.24) is 4.90 Å². The van der Waals surface area contributed by atoms with E-state index in [4.69, 9.17) is 17.3 Å². The van der Waals surface area contributed by atoms with E-state index in [9.17, 15) is 9.59 Å². The number of nitrogens with two attached hydrogens (primary N) is 1. The van der Waals surface area contributed by atoms with Gasteiger partial charge in [-0.25, -0.2) is 0 Å². The van der Waals surface area contributed by atoms with Crippen molar-refractivity contribution in [3.63, 3.8) is 0 Å². The maximum absolute atomic E-state index is 12.4. The number of amides is 2. The van der Waals surface area contributed by atoms with Crippen LogP contribution in [0.15, 0.2) is 18.2 Å². The van der Waals surface area contributed by atoms with Gasteiger partial charge in [-0.3, -0.25) is 9.59 Å². The number of anilines is 1. The third-order valence-electron chi connectivity index (χ3n) is 3.73. The molecular formula is C16H22ClN3O2. The summed E-state index contributed by atoms with van der Waals surface area (Å²) in [5.74, 6) is -0.137. The fraction of sp³-hybridized carbons (Fsp3) is 0.500. The van der Waals surface area contributed by atoms with Crippen molar-refractivity contribution in [2.45, 2.75) is 32.1 Å². The smallest absolute Gasteiger partial charge is 0.255 e. The van der Waals surface area contributed by atoms with Crippen molar-refractivity contribution in [2.75, 3.05) is 25.0 Å². The number of halogens is 1. The van der Waals surface area contributed by atoms with Gasteiger partial charge < -0.3 is 16.0 Å². The molecule has 5 nitrogen and oxygen atoms in total. The molecule has 22 heavy (non-hydrogen) atoms. The average Bonchev–Trinajstić information content (AvgIpc) is 2.53. The largest absolute Gasteiger partial charge is 0.339 e. The number of nitrogens with one attached hydrogen (secondary N) is 1. The van der Waals surface area contributed by atoms with Gasteiger partial charge in [-0.1, -0.05) is 11.6 Å². The summed E-state index contributed by atoms with van der Waals surface area (Å²) < 4.78 is 0. The van der Waals surface area contributed by atoms with Crippen LogP contribution in [0.3, 0.4) is 0 Å². The van der Waals surface area contributed by atoms with Crippen LogP contribution < -0.4 is 11.1 Å². The minimum Gasteiger partial charge on any atom is -0.339 e. The maximum Gasteiger partial charge on any atom is 0.255 e. The van der Waals surface area contributed by atoms with Gasteiger partial charge >= 0.3 is 0 Å². The fourth-order valence-electron chi connectivity index (χ4n) is 2.52. The summed E-state index contributed by atoms with van der Waals surface area (Å²) in [5, 5.41) is 3.13. The molecule has 1 fully saturated rings. The number of nitrogens with zero attached hydrogens (tertiary/aromatic N) is 1. The summed E-state index contributed by atoms with van der Waals surface area (Å²) in [7, 11) is 0. The topological polar surface area (TPSA) is 75.4 Å². The Hall–Kier alpha value is -1.59. The van der Waals surface area contributed by atoms with Crippen LogP contribution in [0.25, 0.3) is 0 Å². The Balaban J connectivity index is 2.02. The van der Waals surface area contributed by atoms with Gasteiger partial charge in [0.1, 0.15) is 0 Å². The number of likely N-dealkylation sites (tertiary alicyclic amines) is 1. The van der Waals surface area contributed by atoms with Crippen LogP contribution in [0.2, 0.25) is 5.02 Å². The van der Waals surface area contributed by atoms with E-state index in [1.807, 2.05) is 4.90 Å². The predicted molar refractivity (Wildman–Crippen MR) is 88.1 cm³/mol. The van der Waals surface area contributed by atoms with E-state index >= 15 is 0 Å². The molecule has 0 saturated carbocycles. The van der Waals surface area contributed by atoms with Crippen LogP contribution in [0.1, 0.15) is 42.5 Å². The van der Waals surface area contributed by atoms with Crippen LogP contribution in [0.5, 0.6) is 0 Å². The zero-order chi connectivity index (χ0) is 15.9. The van der Waals surface area contributed by atoms with Gasteiger partial charge in [0.15, 0.2) is 0 Å². The van der Waals surface area contributed by atoms with Gasteiger partial charge in [-0.2, -0.15) is 0 Å². The SMILES string of the molecule is NCCCC(=O)Nc1ccc(C(=O)N2CCCCC2)c(Cl)c1. The number of rotatable bonds is 5. The average molecular weight is 324 g/mol. The molecule has 1 aromatic carbocycles. The molecule has 1 saturated heterocycles. The first-order chi connectivity index (χ1) is 10.6. The van der Waals surface area contributed by atoms with E-state index in [-0.39, 0.29) is 11.8 Å². The summed E-state index contributed by atoms with van der Waals surface area (Å²) in [5.41, 5.74) is 6.46. The molecule has 0 atom stereocenters. The summed E-state index contributed by atoms with van der Waals surface area (Å²) in [6, 6.07) is 5.01. The Kier molecular flexibility index (Phi) is 6.21. The number of carbonyl (C=O) groups excluding carboxylic acids is 2. The van der Waals surface area contributed by atoms with E-state index in [0.717, 1.165) is 25.9 Å². The Morgan fingerprint density at radius 1 is 1.23 bits per heavy atom. The zero-order valence-electron chi connectivity index (χ0n) is 12.6. The second-order valence-electron chi connectivity index (χ2n) is 5.49. The van der Waals surface area contributed by atoms with E-state index < -0.39 is 0 Å². The number of hydrogen-bond acceptors (Lipinski definition) is 3. The van der Waals surface area contributed by atoms with E-state index in [2.05, 4.69) is 5.32 Å². The number of benzene rings is 1. The number of carbonyl (C=O) groups is 2. The van der Waals surface area contributed by atoms with Crippen molar-refractivity contribution in [2.24, 2.45) is 5.73 Å². The van der Waals surface area contributed by atoms with Crippen molar-refractivity contribution >= 4 is 29.1 Å². The summed E-state index contributed by atoms with van der Waals surface area (Å²) in [6.07, 6.45) is 4.27. The molecule has 1 aliphatic rings. The molecule has 6 heteroatoms. The molecule has 1 heterocycles. The highest BCUT2D eigenvalue weighted by Gasteiger charge is 2.20. The van der Waals surface area contributed by atoms with E-state index in [1.54, 1.807) is 18.2 Å². The summed E-state index contributed by atoms with van der Waals surface area (Å²) >= 11 is 6.21. The summed E-state index contributed by atoms with van der Waals surface area (Å²) in [6.45, 7) is 2.05. The molecule has 0 aliphatic carbocycles. The summed E-state index contributed by atoms with van der Waals surface area (Å²) in [4.78, 5) is 25.9. The molecule has 0 spiro atoms. The second-order valence-corrected chi connectivity index (χ2v) is 5.90. The first-order valence-electron chi connectivity index (χ1n) is 7.70. The molecule has 2 amide bonds. The van der Waals surface area contributed by atoms with E-state index in [0.29, 0.717) is 35.7 Å². The van der Waals surface area contributed by atoms with Crippen molar-refractivity contribution in [1.29, 1.82) is 0 Å². The lowest BCUT2D eigenvalue weighted by Crippen LogP contribution is -2.35. The molecule has 2 rings (SSSR count). The van der Waals surface area contributed by atoms with Crippen molar-refractivity contribution in [3.05, 3.63) is 28.8 Å². The molecule has 0 bridgehead atoms. The normalized spacial score (nSPS) is 14.7. The molecule has 0 unspecified atom stereocenters. The fourth-order valence-corrected chi connectivity index (χ4v) is 2.78. The lowest BCUT2D eigenvalue weighted by molar-refractivity contribution is -0.116. The Morgan fingerprint density at radius 3 is 2.59 bits per heavy atom. The second kappa shape index (κ2) is 8.15. The van der Waals surface area contributed by atoms with Gasteiger partial charge in [-0.15, -0.1) is 0 Å². The molecule has 1 aromatic rings. The first kappa shape index (κ1) is 16.8. The van der Waals surface area contributed by atoms with Crippen LogP contribution >= 0.6 is 11.6 Å². The Bertz CT molecular complexity index is 542. The minimum atomic E-state index is -0.100. The molecule has 3 N–H and O–H groups in total. The Labute approximate surface area is 135 Å². The third kappa shape index (κ3) is 4.45. The van der Waals surface area contributed by atoms with Gasteiger partial charge in [0.05, 0.1) is 10.6 Å². The molecule has 0 radical (unpaired) electrons. The lowest BCUT2D eigenvalue weighted by Gasteiger charge is -2.27. The Morgan fingerprint density at radius 2 is 1.95 bits per heavy atom. The van der Waals surface area contributed by atoms with Gasteiger partial charge in [0.2, 0.25) is 5.91 Å². The van der Waals surface area contributed by atoms with E-state index in [1.165, 1.54) is 6.42 Å². The predicted octanol–water partition coefficient (Wildman–Crippen LogP) is 2.64. The third-order valence-corrected chi connectivity index (χ3v) is 4.05. The number of piperidine rings is 1. The van der Waals surface area contributed by atoms with Gasteiger partial charge in [0, 0.05) is 25.2 Å². The number of hydrogen-bond donors (Lipinski definition) is 2. The van der Waals surface area contributed by atoms with Crippen molar-refractivity contribution in [3.8, 4) is 0 Å². The minimum absolute atomic E-state index is 0.0364. The molecular weight excluding hydrogens is 302 g/mol. The highest BCUT2D eigenvalue weighted by atomic mass is 35.5. The highest BCUT2D eigenvalue weighted by molar-refractivity contribution is 6.34.